The first-order valence-electron chi connectivity index (χ1n) is 7.35. The van der Waals surface area contributed by atoms with E-state index in [1.165, 1.54) is 13.5 Å². The maximum Gasteiger partial charge on any atom is 0.312 e. The molecular formula is C16H16N4O6S. The Morgan fingerprint density at radius 2 is 2.00 bits per heavy atom. The highest BCUT2D eigenvalue weighted by atomic mass is 32.2. The molecule has 0 radical (unpaired) electrons. The van der Waals surface area contributed by atoms with E-state index >= 15 is 0 Å². The molecule has 0 bridgehead atoms. The molecular weight excluding hydrogens is 376 g/mol. The zero-order valence-corrected chi connectivity index (χ0v) is 15.2. The third kappa shape index (κ3) is 5.33. The molecule has 3 aromatic rings. The van der Waals surface area contributed by atoms with E-state index in [4.69, 9.17) is 14.7 Å². The molecule has 27 heavy (non-hydrogen) atoms. The van der Waals surface area contributed by atoms with Crippen molar-refractivity contribution in [3.05, 3.63) is 54.3 Å². The number of carbonyl (C=O) groups is 1. The summed E-state index contributed by atoms with van der Waals surface area (Å²) < 4.78 is 39.3. The van der Waals surface area contributed by atoms with Crippen LogP contribution < -0.4 is 10.5 Å². The molecule has 3 rings (SSSR count). The molecule has 0 saturated carbocycles. The number of nitrogens with two attached hydrogens (primary N) is 1. The lowest BCUT2D eigenvalue weighted by atomic mass is 10.0. The van der Waals surface area contributed by atoms with Crippen molar-refractivity contribution in [2.24, 2.45) is 5.73 Å². The highest BCUT2D eigenvalue weighted by Crippen LogP contribution is 2.21. The van der Waals surface area contributed by atoms with Crippen molar-refractivity contribution >= 4 is 16.0 Å². The predicted octanol–water partition coefficient (Wildman–Crippen LogP) is 1.48. The van der Waals surface area contributed by atoms with Crippen molar-refractivity contribution in [2.75, 3.05) is 7.11 Å². The Balaban J connectivity index is 0.000000199. The summed E-state index contributed by atoms with van der Waals surface area (Å²) in [6.07, 6.45) is 3.93. The number of primary amides is 1. The van der Waals surface area contributed by atoms with Crippen LogP contribution in [-0.2, 0) is 10.1 Å². The number of ether oxygens (including phenoxy) is 1. The van der Waals surface area contributed by atoms with Gasteiger partial charge in [0.15, 0.2) is 17.2 Å². The van der Waals surface area contributed by atoms with E-state index in [-0.39, 0.29) is 5.88 Å². The van der Waals surface area contributed by atoms with Gasteiger partial charge in [0.05, 0.1) is 13.3 Å². The molecule has 0 atom stereocenters. The summed E-state index contributed by atoms with van der Waals surface area (Å²) in [5.41, 5.74) is 7.41. The van der Waals surface area contributed by atoms with Gasteiger partial charge in [0.2, 0.25) is 11.8 Å². The summed E-state index contributed by atoms with van der Waals surface area (Å²) in [4.78, 5) is 21.8. The summed E-state index contributed by atoms with van der Waals surface area (Å²) in [6.45, 7) is 1.84. The van der Waals surface area contributed by atoms with E-state index in [0.29, 0.717) is 11.3 Å². The van der Waals surface area contributed by atoms with Gasteiger partial charge >= 0.3 is 10.1 Å². The minimum Gasteiger partial charge on any atom is -0.481 e. The van der Waals surface area contributed by atoms with E-state index in [1.807, 2.05) is 19.1 Å². The first kappa shape index (κ1) is 20.0. The normalized spacial score (nSPS) is 10.6. The standard InChI is InChI=1S/C11H10N2O2.C5H6N2O4S/c1-7-2-3-8(4-9(7)11(12)14)10-5-13-6-15-10;1-11-4-2-5(7-3-6-4)12(8,9)10/h2-6H,1H3,(H2,12,14);2-3H,1H3,(H,8,9,10). The van der Waals surface area contributed by atoms with Gasteiger partial charge in [-0.05, 0) is 18.6 Å². The number of methoxy groups -OCH3 is 1. The quantitative estimate of drug-likeness (QED) is 0.495. The van der Waals surface area contributed by atoms with Crippen molar-refractivity contribution in [3.8, 4) is 17.2 Å². The number of amides is 1. The molecule has 0 fully saturated rings. The van der Waals surface area contributed by atoms with Crippen LogP contribution in [0.5, 0.6) is 5.88 Å². The molecule has 3 N–H and O–H groups in total. The first-order valence-corrected chi connectivity index (χ1v) is 8.79. The Bertz CT molecular complexity index is 1030. The zero-order chi connectivity index (χ0) is 20.0. The fraction of sp³-hybridized carbons (Fsp3) is 0.125. The molecule has 2 heterocycles. The molecule has 0 aliphatic carbocycles. The smallest absolute Gasteiger partial charge is 0.312 e. The van der Waals surface area contributed by atoms with Crippen molar-refractivity contribution in [1.82, 2.24) is 15.0 Å². The lowest BCUT2D eigenvalue weighted by molar-refractivity contribution is 0.0999. The number of oxazole rings is 1. The predicted molar refractivity (Wildman–Crippen MR) is 93.6 cm³/mol. The molecule has 2 aromatic heterocycles. The van der Waals surface area contributed by atoms with Gasteiger partial charge in [0.25, 0.3) is 0 Å². The van der Waals surface area contributed by atoms with Crippen LogP contribution in [0.1, 0.15) is 15.9 Å². The fourth-order valence-electron chi connectivity index (χ4n) is 1.97. The van der Waals surface area contributed by atoms with Crippen molar-refractivity contribution < 1.29 is 26.9 Å². The third-order valence-electron chi connectivity index (χ3n) is 3.31. The van der Waals surface area contributed by atoms with Gasteiger partial charge in [-0.2, -0.15) is 8.42 Å². The minimum absolute atomic E-state index is 0.0811. The average molecular weight is 392 g/mol. The van der Waals surface area contributed by atoms with Gasteiger partial charge in [-0.1, -0.05) is 12.1 Å². The monoisotopic (exact) mass is 392 g/mol. The van der Waals surface area contributed by atoms with E-state index in [1.54, 1.807) is 12.3 Å². The van der Waals surface area contributed by atoms with Crippen molar-refractivity contribution in [2.45, 2.75) is 11.9 Å². The Morgan fingerprint density at radius 1 is 1.26 bits per heavy atom. The van der Waals surface area contributed by atoms with Gasteiger partial charge in [-0.25, -0.2) is 15.0 Å². The second kappa shape index (κ2) is 8.38. The molecule has 0 saturated heterocycles. The Labute approximate surface area is 154 Å². The van der Waals surface area contributed by atoms with Crippen molar-refractivity contribution in [3.63, 3.8) is 0 Å². The summed E-state index contributed by atoms with van der Waals surface area (Å²) in [7, 11) is -2.94. The number of hydrogen-bond acceptors (Lipinski definition) is 8. The molecule has 11 heteroatoms. The van der Waals surface area contributed by atoms with Crippen LogP contribution in [0.25, 0.3) is 11.3 Å². The number of aryl methyl sites for hydroxylation is 1. The molecule has 10 nitrogen and oxygen atoms in total. The molecule has 142 valence electrons. The summed E-state index contributed by atoms with van der Waals surface area (Å²) in [5, 5.41) is -0.477. The largest absolute Gasteiger partial charge is 0.481 e. The molecule has 0 unspecified atom stereocenters. The second-order valence-corrected chi connectivity index (χ2v) is 6.50. The van der Waals surface area contributed by atoms with Gasteiger partial charge in [0, 0.05) is 17.2 Å². The average Bonchev–Trinajstić information content (AvgIpc) is 3.16. The number of benzene rings is 1. The summed E-state index contributed by atoms with van der Waals surface area (Å²) >= 11 is 0. The summed E-state index contributed by atoms with van der Waals surface area (Å²) in [6, 6.07) is 6.42. The van der Waals surface area contributed by atoms with Crippen LogP contribution in [0.2, 0.25) is 0 Å². The highest BCUT2D eigenvalue weighted by molar-refractivity contribution is 7.85. The van der Waals surface area contributed by atoms with Crippen LogP contribution in [0, 0.1) is 6.92 Å². The maximum atomic E-state index is 11.1. The van der Waals surface area contributed by atoms with E-state index in [2.05, 4.69) is 19.7 Å². The van der Waals surface area contributed by atoms with Gasteiger partial charge in [-0.15, -0.1) is 0 Å². The van der Waals surface area contributed by atoms with E-state index in [9.17, 15) is 13.2 Å². The number of aromatic nitrogens is 3. The number of hydrogen-bond donors (Lipinski definition) is 2. The van der Waals surface area contributed by atoms with E-state index < -0.39 is 21.1 Å². The lowest BCUT2D eigenvalue weighted by Gasteiger charge is -2.03. The van der Waals surface area contributed by atoms with Crippen LogP contribution >= 0.6 is 0 Å². The topological polar surface area (TPSA) is 158 Å². The van der Waals surface area contributed by atoms with Crippen molar-refractivity contribution in [1.29, 1.82) is 0 Å². The van der Waals surface area contributed by atoms with Gasteiger partial charge in [0.1, 0.15) is 6.33 Å². The van der Waals surface area contributed by atoms with Crippen LogP contribution in [0.4, 0.5) is 0 Å². The van der Waals surface area contributed by atoms with E-state index in [0.717, 1.165) is 23.5 Å². The van der Waals surface area contributed by atoms with Gasteiger partial charge < -0.3 is 14.9 Å². The van der Waals surface area contributed by atoms with Gasteiger partial charge in [-0.3, -0.25) is 9.35 Å². The van der Waals surface area contributed by atoms with Crippen LogP contribution in [-0.4, -0.2) is 40.9 Å². The SMILES string of the molecule is COc1cc(S(=O)(=O)O)ncn1.Cc1ccc(-c2cnco2)cc1C(N)=O. The molecule has 1 amide bonds. The molecule has 0 aliphatic heterocycles. The number of carbonyl (C=O) groups excluding carboxylic acids is 1. The second-order valence-electron chi connectivity index (χ2n) is 5.13. The lowest BCUT2D eigenvalue weighted by Crippen LogP contribution is -2.12. The Kier molecular flexibility index (Phi) is 6.21. The first-order chi connectivity index (χ1) is 12.7. The molecule has 0 spiro atoms. The number of rotatable bonds is 4. The van der Waals surface area contributed by atoms with Crippen LogP contribution in [0.15, 0.2) is 52.6 Å². The minimum atomic E-state index is -4.27. The Hall–Kier alpha value is -3.31. The third-order valence-corrected chi connectivity index (χ3v) is 4.06. The fourth-order valence-corrected chi connectivity index (χ4v) is 2.40. The molecule has 0 aliphatic rings. The zero-order valence-electron chi connectivity index (χ0n) is 14.4. The number of nitrogens with zero attached hydrogens (tertiary/aromatic N) is 3. The van der Waals surface area contributed by atoms with Crippen LogP contribution in [0.3, 0.4) is 0 Å². The molecule has 1 aromatic carbocycles. The highest BCUT2D eigenvalue weighted by Gasteiger charge is 2.12. The maximum absolute atomic E-state index is 11.1. The Morgan fingerprint density at radius 3 is 2.56 bits per heavy atom. The summed E-state index contributed by atoms with van der Waals surface area (Å²) in [5.74, 6) is 0.268.